The molecule has 1 aliphatic heterocycles. The molecule has 100 valence electrons. The van der Waals surface area contributed by atoms with Crippen molar-refractivity contribution in [3.05, 3.63) is 77.9 Å². The number of aliphatic imine (C=N–C) groups is 1. The monoisotopic (exact) mass is 263 g/mol. The molecule has 0 unspecified atom stereocenters. The summed E-state index contributed by atoms with van der Waals surface area (Å²) in [6.45, 7) is 2.08. The summed E-state index contributed by atoms with van der Waals surface area (Å²) in [6.07, 6.45) is 3.99. The van der Waals surface area contributed by atoms with E-state index in [9.17, 15) is 0 Å². The third kappa shape index (κ3) is 2.80. The van der Waals surface area contributed by atoms with Crippen molar-refractivity contribution in [2.75, 3.05) is 0 Å². The molecule has 3 rings (SSSR count). The zero-order valence-corrected chi connectivity index (χ0v) is 11.4. The Morgan fingerprint density at radius 3 is 2.25 bits per heavy atom. The van der Waals surface area contributed by atoms with Gasteiger partial charge in [0.05, 0.1) is 6.04 Å². The van der Waals surface area contributed by atoms with Gasteiger partial charge < -0.3 is 4.74 Å². The summed E-state index contributed by atoms with van der Waals surface area (Å²) in [5.74, 6) is 0.704. The molecule has 0 amide bonds. The average molecular weight is 263 g/mol. The standard InChI is InChI=1S/C18H17NO/c1-14-18(16-10-6-3-7-11-16)20-17(19-14)13-12-15-8-4-2-5-9-15/h2-14,18H,1H3/b13-12+/t14-,18-/m1/s1. The molecule has 0 aliphatic carbocycles. The summed E-state index contributed by atoms with van der Waals surface area (Å²) in [6, 6.07) is 20.6. The van der Waals surface area contributed by atoms with Gasteiger partial charge in [-0.2, -0.15) is 0 Å². The number of ether oxygens (including phenoxy) is 1. The maximum Gasteiger partial charge on any atom is 0.209 e. The fourth-order valence-electron chi connectivity index (χ4n) is 2.33. The Balaban J connectivity index is 1.72. The summed E-state index contributed by atoms with van der Waals surface area (Å²) in [5.41, 5.74) is 2.32. The Labute approximate surface area is 119 Å². The van der Waals surface area contributed by atoms with Crippen molar-refractivity contribution in [3.8, 4) is 0 Å². The van der Waals surface area contributed by atoms with Gasteiger partial charge in [0.2, 0.25) is 5.90 Å². The van der Waals surface area contributed by atoms with Crippen molar-refractivity contribution in [1.29, 1.82) is 0 Å². The van der Waals surface area contributed by atoms with Gasteiger partial charge in [0, 0.05) is 6.08 Å². The molecule has 2 aromatic rings. The Kier molecular flexibility index (Phi) is 3.64. The molecule has 2 nitrogen and oxygen atoms in total. The van der Waals surface area contributed by atoms with E-state index in [1.807, 2.05) is 48.6 Å². The maximum atomic E-state index is 5.94. The quantitative estimate of drug-likeness (QED) is 0.811. The van der Waals surface area contributed by atoms with Crippen LogP contribution in [0.15, 0.2) is 71.7 Å². The number of benzene rings is 2. The van der Waals surface area contributed by atoms with Crippen LogP contribution in [0.4, 0.5) is 0 Å². The average Bonchev–Trinajstić information content (AvgIpc) is 2.88. The van der Waals surface area contributed by atoms with Gasteiger partial charge in [-0.3, -0.25) is 0 Å². The van der Waals surface area contributed by atoms with Crippen LogP contribution in [0.2, 0.25) is 0 Å². The minimum atomic E-state index is 0.0200. The predicted octanol–water partition coefficient (Wildman–Crippen LogP) is 4.26. The zero-order chi connectivity index (χ0) is 13.8. The zero-order valence-electron chi connectivity index (χ0n) is 11.4. The Hall–Kier alpha value is -2.35. The van der Waals surface area contributed by atoms with Crippen LogP contribution >= 0.6 is 0 Å². The topological polar surface area (TPSA) is 21.6 Å². The van der Waals surface area contributed by atoms with Crippen molar-refractivity contribution >= 4 is 12.0 Å². The lowest BCUT2D eigenvalue weighted by molar-refractivity contribution is 0.203. The molecular formula is C18H17NO. The van der Waals surface area contributed by atoms with Gasteiger partial charge in [-0.05, 0) is 24.1 Å². The molecule has 20 heavy (non-hydrogen) atoms. The first kappa shape index (κ1) is 12.7. The van der Waals surface area contributed by atoms with E-state index in [2.05, 4.69) is 36.2 Å². The minimum absolute atomic E-state index is 0.0200. The largest absolute Gasteiger partial charge is 0.467 e. The lowest BCUT2D eigenvalue weighted by Crippen LogP contribution is -2.10. The molecule has 0 radical (unpaired) electrons. The summed E-state index contributed by atoms with van der Waals surface area (Å²) in [7, 11) is 0. The third-order valence-corrected chi connectivity index (χ3v) is 3.36. The molecule has 0 N–H and O–H groups in total. The highest BCUT2D eigenvalue weighted by atomic mass is 16.5. The van der Waals surface area contributed by atoms with Gasteiger partial charge in [-0.25, -0.2) is 4.99 Å². The highest BCUT2D eigenvalue weighted by Crippen LogP contribution is 2.29. The van der Waals surface area contributed by atoms with Gasteiger partial charge in [0.25, 0.3) is 0 Å². The molecule has 0 saturated carbocycles. The number of nitrogens with zero attached hydrogens (tertiary/aromatic N) is 1. The number of hydrogen-bond donors (Lipinski definition) is 0. The van der Waals surface area contributed by atoms with Crippen LogP contribution in [0.25, 0.3) is 6.08 Å². The summed E-state index contributed by atoms with van der Waals surface area (Å²) in [4.78, 5) is 4.57. The van der Waals surface area contributed by atoms with E-state index >= 15 is 0 Å². The Bertz CT molecular complexity index is 616. The third-order valence-electron chi connectivity index (χ3n) is 3.36. The maximum absolute atomic E-state index is 5.94. The second kappa shape index (κ2) is 5.74. The summed E-state index contributed by atoms with van der Waals surface area (Å²) >= 11 is 0. The van der Waals surface area contributed by atoms with Crippen molar-refractivity contribution in [2.24, 2.45) is 4.99 Å². The van der Waals surface area contributed by atoms with Crippen LogP contribution in [0.3, 0.4) is 0 Å². The molecule has 2 heteroatoms. The molecule has 0 aromatic heterocycles. The molecule has 0 fully saturated rings. The van der Waals surface area contributed by atoms with Crippen LogP contribution in [0.5, 0.6) is 0 Å². The molecule has 2 aromatic carbocycles. The molecule has 0 bridgehead atoms. The van der Waals surface area contributed by atoms with E-state index in [-0.39, 0.29) is 12.1 Å². The van der Waals surface area contributed by atoms with Gasteiger partial charge in [-0.15, -0.1) is 0 Å². The van der Waals surface area contributed by atoms with Crippen LogP contribution in [0, 0.1) is 0 Å². The number of rotatable bonds is 3. The second-order valence-electron chi connectivity index (χ2n) is 4.90. The van der Waals surface area contributed by atoms with Gasteiger partial charge in [-0.1, -0.05) is 60.7 Å². The van der Waals surface area contributed by atoms with Gasteiger partial charge in [0.15, 0.2) is 0 Å². The number of hydrogen-bond acceptors (Lipinski definition) is 2. The van der Waals surface area contributed by atoms with E-state index in [4.69, 9.17) is 4.74 Å². The first-order valence-electron chi connectivity index (χ1n) is 6.85. The van der Waals surface area contributed by atoms with E-state index in [1.54, 1.807) is 0 Å². The van der Waals surface area contributed by atoms with Gasteiger partial charge >= 0.3 is 0 Å². The van der Waals surface area contributed by atoms with Crippen LogP contribution in [-0.4, -0.2) is 11.9 Å². The fraction of sp³-hybridized carbons (Fsp3) is 0.167. The van der Waals surface area contributed by atoms with Crippen LogP contribution < -0.4 is 0 Å². The molecular weight excluding hydrogens is 246 g/mol. The molecule has 0 spiro atoms. The smallest absolute Gasteiger partial charge is 0.209 e. The van der Waals surface area contributed by atoms with E-state index < -0.39 is 0 Å². The van der Waals surface area contributed by atoms with Crippen molar-refractivity contribution < 1.29 is 4.74 Å². The minimum Gasteiger partial charge on any atom is -0.467 e. The Morgan fingerprint density at radius 2 is 1.55 bits per heavy atom. The molecule has 0 saturated heterocycles. The first-order valence-corrected chi connectivity index (χ1v) is 6.85. The van der Waals surface area contributed by atoms with E-state index in [1.165, 1.54) is 5.56 Å². The van der Waals surface area contributed by atoms with E-state index in [0.717, 1.165) is 5.56 Å². The highest BCUT2D eigenvalue weighted by molar-refractivity contribution is 5.93. The van der Waals surface area contributed by atoms with E-state index in [0.29, 0.717) is 5.90 Å². The van der Waals surface area contributed by atoms with Crippen molar-refractivity contribution in [1.82, 2.24) is 0 Å². The predicted molar refractivity (Wildman–Crippen MR) is 82.6 cm³/mol. The molecule has 1 heterocycles. The fourth-order valence-corrected chi connectivity index (χ4v) is 2.33. The lowest BCUT2D eigenvalue weighted by atomic mass is 10.0. The Morgan fingerprint density at radius 1 is 0.900 bits per heavy atom. The second-order valence-corrected chi connectivity index (χ2v) is 4.90. The summed E-state index contributed by atoms with van der Waals surface area (Å²) < 4.78 is 5.94. The molecule has 2 atom stereocenters. The van der Waals surface area contributed by atoms with Gasteiger partial charge in [0.1, 0.15) is 6.10 Å². The van der Waals surface area contributed by atoms with Crippen LogP contribution in [0.1, 0.15) is 24.2 Å². The van der Waals surface area contributed by atoms with Crippen molar-refractivity contribution in [3.63, 3.8) is 0 Å². The van der Waals surface area contributed by atoms with Crippen molar-refractivity contribution in [2.45, 2.75) is 19.1 Å². The summed E-state index contributed by atoms with van der Waals surface area (Å²) in [5, 5.41) is 0. The lowest BCUT2D eigenvalue weighted by Gasteiger charge is -2.14. The normalized spacial score (nSPS) is 21.8. The molecule has 1 aliphatic rings. The van der Waals surface area contributed by atoms with Crippen LogP contribution in [-0.2, 0) is 4.74 Å². The first-order chi connectivity index (χ1) is 9.83. The SMILES string of the molecule is C[C@H]1N=C(/C=C/c2ccccc2)O[C@H]1c1ccccc1. The highest BCUT2D eigenvalue weighted by Gasteiger charge is 2.27.